The summed E-state index contributed by atoms with van der Waals surface area (Å²) >= 11 is 1.65. The molecule has 0 atom stereocenters. The van der Waals surface area contributed by atoms with Crippen LogP contribution < -0.4 is 10.2 Å². The fraction of sp³-hybridized carbons (Fsp3) is 0.292. The van der Waals surface area contributed by atoms with Crippen LogP contribution in [-0.4, -0.2) is 47.0 Å². The van der Waals surface area contributed by atoms with Crippen LogP contribution >= 0.6 is 11.3 Å². The van der Waals surface area contributed by atoms with Gasteiger partial charge in [0.15, 0.2) is 5.13 Å². The summed E-state index contributed by atoms with van der Waals surface area (Å²) in [7, 11) is 0. The molecule has 2 aromatic carbocycles. The van der Waals surface area contributed by atoms with Gasteiger partial charge in [-0.1, -0.05) is 29.5 Å². The first-order valence-corrected chi connectivity index (χ1v) is 11.5. The maximum absolute atomic E-state index is 12.8. The molecule has 3 heterocycles. The molecular formula is C24H25N5O2S. The minimum atomic E-state index is -0.0546. The zero-order valence-electron chi connectivity index (χ0n) is 18.2. The minimum absolute atomic E-state index is 0.0546. The molecule has 1 saturated heterocycles. The fourth-order valence-corrected chi connectivity index (χ4v) is 5.05. The standard InChI is InChI=1S/C24H25N5O2S/c1-16-20(17(2)29(27-16)19-6-4-3-5-7-19)15-23(30)25-18-8-9-21-22(14-18)32-24(26-21)28-10-12-31-13-11-28/h3-9,14H,10-13,15H2,1-2H3,(H,25,30). The van der Waals surface area contributed by atoms with Crippen LogP contribution in [0.4, 0.5) is 10.8 Å². The number of ether oxygens (including phenoxy) is 1. The summed E-state index contributed by atoms with van der Waals surface area (Å²) in [4.78, 5) is 19.8. The van der Waals surface area contributed by atoms with Crippen molar-refractivity contribution in [2.75, 3.05) is 36.5 Å². The Kier molecular flexibility index (Phi) is 5.63. The highest BCUT2D eigenvalue weighted by atomic mass is 32.1. The number of thiazole rings is 1. The normalized spacial score (nSPS) is 14.1. The van der Waals surface area contributed by atoms with E-state index in [0.717, 1.165) is 70.0 Å². The summed E-state index contributed by atoms with van der Waals surface area (Å²) in [6.45, 7) is 7.14. The first-order valence-electron chi connectivity index (χ1n) is 10.7. The van der Waals surface area contributed by atoms with Gasteiger partial charge in [-0.2, -0.15) is 5.10 Å². The van der Waals surface area contributed by atoms with Crippen LogP contribution in [0.5, 0.6) is 0 Å². The molecule has 1 aliphatic heterocycles. The first kappa shape index (κ1) is 20.7. The number of morpholine rings is 1. The van der Waals surface area contributed by atoms with Crippen LogP contribution in [0.25, 0.3) is 15.9 Å². The Hall–Kier alpha value is -3.23. The van der Waals surface area contributed by atoms with Crippen molar-refractivity contribution in [1.82, 2.24) is 14.8 Å². The Morgan fingerprint density at radius 2 is 1.91 bits per heavy atom. The third kappa shape index (κ3) is 4.11. The SMILES string of the molecule is Cc1nn(-c2ccccc2)c(C)c1CC(=O)Nc1ccc2nc(N3CCOCC3)sc2c1. The van der Waals surface area contributed by atoms with Gasteiger partial charge >= 0.3 is 0 Å². The Balaban J connectivity index is 1.31. The summed E-state index contributed by atoms with van der Waals surface area (Å²) in [5, 5.41) is 8.70. The number of nitrogens with one attached hydrogen (secondary N) is 1. The third-order valence-corrected chi connectivity index (χ3v) is 6.80. The molecule has 0 aliphatic carbocycles. The number of amides is 1. The monoisotopic (exact) mass is 447 g/mol. The predicted molar refractivity (Wildman–Crippen MR) is 128 cm³/mol. The van der Waals surface area contributed by atoms with E-state index in [0.29, 0.717) is 0 Å². The number of rotatable bonds is 5. The van der Waals surface area contributed by atoms with Gasteiger partial charge in [0.05, 0.1) is 41.2 Å². The van der Waals surface area contributed by atoms with Gasteiger partial charge in [-0.25, -0.2) is 9.67 Å². The number of aryl methyl sites for hydroxylation is 1. The number of anilines is 2. The lowest BCUT2D eigenvalue weighted by Crippen LogP contribution is -2.36. The van der Waals surface area contributed by atoms with Crippen molar-refractivity contribution in [2.45, 2.75) is 20.3 Å². The van der Waals surface area contributed by atoms with Gasteiger partial charge in [0.25, 0.3) is 0 Å². The largest absolute Gasteiger partial charge is 0.378 e. The van der Waals surface area contributed by atoms with Crippen molar-refractivity contribution in [3.8, 4) is 5.69 Å². The molecule has 8 heteroatoms. The molecule has 1 aliphatic rings. The highest BCUT2D eigenvalue weighted by molar-refractivity contribution is 7.22. The molecular weight excluding hydrogens is 422 g/mol. The van der Waals surface area contributed by atoms with Crippen molar-refractivity contribution in [1.29, 1.82) is 0 Å². The van der Waals surface area contributed by atoms with E-state index in [-0.39, 0.29) is 12.3 Å². The molecule has 1 amide bonds. The lowest BCUT2D eigenvalue weighted by molar-refractivity contribution is -0.115. The van der Waals surface area contributed by atoms with Gasteiger partial charge in [0.2, 0.25) is 5.91 Å². The second-order valence-corrected chi connectivity index (χ2v) is 8.91. The van der Waals surface area contributed by atoms with Gasteiger partial charge in [-0.15, -0.1) is 0 Å². The molecule has 7 nitrogen and oxygen atoms in total. The quantitative estimate of drug-likeness (QED) is 0.498. The molecule has 0 saturated carbocycles. The predicted octanol–water partition coefficient (Wildman–Crippen LogP) is 4.12. The molecule has 4 aromatic rings. The average molecular weight is 448 g/mol. The number of carbonyl (C=O) groups excluding carboxylic acids is 1. The van der Waals surface area contributed by atoms with Crippen LogP contribution in [0.2, 0.25) is 0 Å². The van der Waals surface area contributed by atoms with Crippen molar-refractivity contribution in [2.24, 2.45) is 0 Å². The number of aromatic nitrogens is 3. The smallest absolute Gasteiger partial charge is 0.228 e. The van der Waals surface area contributed by atoms with Gasteiger partial charge in [0.1, 0.15) is 0 Å². The van der Waals surface area contributed by atoms with Gasteiger partial charge < -0.3 is 15.0 Å². The number of nitrogens with zero attached hydrogens (tertiary/aromatic N) is 4. The van der Waals surface area contributed by atoms with Crippen LogP contribution in [-0.2, 0) is 16.0 Å². The van der Waals surface area contributed by atoms with E-state index >= 15 is 0 Å². The number of benzene rings is 2. The minimum Gasteiger partial charge on any atom is -0.378 e. The lowest BCUT2D eigenvalue weighted by Gasteiger charge is -2.25. The van der Waals surface area contributed by atoms with E-state index in [2.05, 4.69) is 15.3 Å². The van der Waals surface area contributed by atoms with E-state index in [1.807, 2.05) is 67.1 Å². The van der Waals surface area contributed by atoms with Crippen LogP contribution in [0.3, 0.4) is 0 Å². The number of para-hydroxylation sites is 1. The molecule has 32 heavy (non-hydrogen) atoms. The summed E-state index contributed by atoms with van der Waals surface area (Å²) < 4.78 is 8.39. The number of fused-ring (bicyclic) bond motifs is 1. The number of hydrogen-bond acceptors (Lipinski definition) is 6. The highest BCUT2D eigenvalue weighted by Gasteiger charge is 2.18. The van der Waals surface area contributed by atoms with E-state index in [4.69, 9.17) is 9.72 Å². The van der Waals surface area contributed by atoms with E-state index in [1.165, 1.54) is 0 Å². The molecule has 0 bridgehead atoms. The van der Waals surface area contributed by atoms with Crippen LogP contribution in [0.15, 0.2) is 48.5 Å². The first-order chi connectivity index (χ1) is 15.6. The second kappa shape index (κ2) is 8.72. The summed E-state index contributed by atoms with van der Waals surface area (Å²) in [6.07, 6.45) is 0.282. The van der Waals surface area contributed by atoms with Gasteiger partial charge in [0, 0.05) is 30.0 Å². The molecule has 0 unspecified atom stereocenters. The second-order valence-electron chi connectivity index (χ2n) is 7.90. The zero-order chi connectivity index (χ0) is 22.1. The molecule has 0 spiro atoms. The Bertz CT molecular complexity index is 1260. The third-order valence-electron chi connectivity index (χ3n) is 5.72. The molecule has 1 N–H and O–H groups in total. The Morgan fingerprint density at radius 1 is 1.12 bits per heavy atom. The fourth-order valence-electron chi connectivity index (χ4n) is 4.00. The topological polar surface area (TPSA) is 72.3 Å². The maximum Gasteiger partial charge on any atom is 0.228 e. The Morgan fingerprint density at radius 3 is 2.69 bits per heavy atom. The van der Waals surface area contributed by atoms with E-state index in [1.54, 1.807) is 11.3 Å². The number of hydrogen-bond donors (Lipinski definition) is 1. The Labute approximate surface area is 190 Å². The van der Waals surface area contributed by atoms with Crippen molar-refractivity contribution < 1.29 is 9.53 Å². The van der Waals surface area contributed by atoms with Gasteiger partial charge in [-0.05, 0) is 44.2 Å². The molecule has 0 radical (unpaired) electrons. The molecule has 5 rings (SSSR count). The summed E-state index contributed by atoms with van der Waals surface area (Å²) in [5.74, 6) is -0.0546. The molecule has 164 valence electrons. The van der Waals surface area contributed by atoms with E-state index in [9.17, 15) is 4.79 Å². The molecule has 1 fully saturated rings. The van der Waals surface area contributed by atoms with E-state index < -0.39 is 0 Å². The number of carbonyl (C=O) groups is 1. The van der Waals surface area contributed by atoms with Crippen molar-refractivity contribution >= 4 is 38.3 Å². The molecule has 2 aromatic heterocycles. The van der Waals surface area contributed by atoms with Gasteiger partial charge in [-0.3, -0.25) is 4.79 Å². The summed E-state index contributed by atoms with van der Waals surface area (Å²) in [5.41, 5.74) is 5.54. The zero-order valence-corrected chi connectivity index (χ0v) is 19.0. The van der Waals surface area contributed by atoms with Crippen LogP contribution in [0.1, 0.15) is 17.0 Å². The lowest BCUT2D eigenvalue weighted by atomic mass is 10.1. The van der Waals surface area contributed by atoms with Crippen molar-refractivity contribution in [3.63, 3.8) is 0 Å². The maximum atomic E-state index is 12.8. The van der Waals surface area contributed by atoms with Crippen LogP contribution in [0, 0.1) is 13.8 Å². The van der Waals surface area contributed by atoms with Crippen molar-refractivity contribution in [3.05, 3.63) is 65.5 Å². The average Bonchev–Trinajstić information content (AvgIpc) is 3.36. The summed E-state index contributed by atoms with van der Waals surface area (Å²) in [6, 6.07) is 15.9. The highest BCUT2D eigenvalue weighted by Crippen LogP contribution is 2.31.